The van der Waals surface area contributed by atoms with Gasteiger partial charge in [0.1, 0.15) is 6.04 Å². The Balaban J connectivity index is 2.10. The number of nitrogens with zero attached hydrogens (tertiary/aromatic N) is 2. The molecule has 1 heterocycles. The van der Waals surface area contributed by atoms with Crippen molar-refractivity contribution in [1.29, 1.82) is 5.26 Å². The predicted octanol–water partition coefficient (Wildman–Crippen LogP) is 1.02. The molecule has 2 rings (SSSR count). The van der Waals surface area contributed by atoms with Crippen molar-refractivity contribution in [3.8, 4) is 18.4 Å². The first-order valence-corrected chi connectivity index (χ1v) is 6.62. The second-order valence-corrected chi connectivity index (χ2v) is 5.22. The molecule has 4 heteroatoms. The third-order valence-electron chi connectivity index (χ3n) is 4.17. The zero-order valence-corrected chi connectivity index (χ0v) is 10.5. The zero-order chi connectivity index (χ0) is 13.1. The summed E-state index contributed by atoms with van der Waals surface area (Å²) in [6.45, 7) is 0. The summed E-state index contributed by atoms with van der Waals surface area (Å²) < 4.78 is 0. The number of terminal acetylenes is 1. The minimum absolute atomic E-state index is 0.131. The van der Waals surface area contributed by atoms with Crippen molar-refractivity contribution in [3.63, 3.8) is 0 Å². The Bertz CT molecular complexity index is 378. The van der Waals surface area contributed by atoms with Crippen LogP contribution in [0, 0.1) is 29.6 Å². The lowest BCUT2D eigenvalue weighted by Crippen LogP contribution is -2.51. The number of nitriles is 1. The quantitative estimate of drug-likeness (QED) is 0.738. The minimum Gasteiger partial charge on any atom is -0.320 e. The van der Waals surface area contributed by atoms with E-state index >= 15 is 0 Å². The molecule has 1 aliphatic heterocycles. The van der Waals surface area contributed by atoms with Crippen molar-refractivity contribution in [2.75, 3.05) is 0 Å². The van der Waals surface area contributed by atoms with Gasteiger partial charge in [0.05, 0.1) is 18.2 Å². The van der Waals surface area contributed by atoms with Crippen LogP contribution in [0.4, 0.5) is 0 Å². The second-order valence-electron chi connectivity index (χ2n) is 5.22. The molecule has 1 aliphatic carbocycles. The Morgan fingerprint density at radius 3 is 2.44 bits per heavy atom. The van der Waals surface area contributed by atoms with Crippen LogP contribution in [-0.4, -0.2) is 28.9 Å². The van der Waals surface area contributed by atoms with Crippen LogP contribution in [-0.2, 0) is 4.79 Å². The third kappa shape index (κ3) is 2.21. The standard InChI is InChI=1S/C14H19N3O/c1-2-11-7-8-12(9-15)17(11)14(18)13(16)10-5-3-4-6-10/h1,10-13H,3-8,16H2/t11-,12-,13+/m0/s1. The Kier molecular flexibility index (Phi) is 3.89. The SMILES string of the molecule is C#C[C@H]1CC[C@@H](C#N)N1C(=O)[C@H](N)C1CCCC1. The van der Waals surface area contributed by atoms with Gasteiger partial charge in [-0.3, -0.25) is 4.79 Å². The van der Waals surface area contributed by atoms with Gasteiger partial charge in [0.2, 0.25) is 5.91 Å². The lowest BCUT2D eigenvalue weighted by Gasteiger charge is -2.29. The Morgan fingerprint density at radius 1 is 1.28 bits per heavy atom. The van der Waals surface area contributed by atoms with Gasteiger partial charge < -0.3 is 10.6 Å². The largest absolute Gasteiger partial charge is 0.320 e. The highest BCUT2D eigenvalue weighted by Gasteiger charge is 2.40. The molecule has 2 fully saturated rings. The van der Waals surface area contributed by atoms with Gasteiger partial charge in [0.25, 0.3) is 0 Å². The van der Waals surface area contributed by atoms with Crippen LogP contribution in [0.15, 0.2) is 0 Å². The zero-order valence-electron chi connectivity index (χ0n) is 10.5. The summed E-state index contributed by atoms with van der Waals surface area (Å²) in [6, 6.07) is 1.02. The van der Waals surface area contributed by atoms with E-state index in [-0.39, 0.29) is 17.9 Å². The average Bonchev–Trinajstić information content (AvgIpc) is 3.05. The van der Waals surface area contributed by atoms with Crippen molar-refractivity contribution >= 4 is 5.91 Å². The smallest absolute Gasteiger partial charge is 0.241 e. The normalized spacial score (nSPS) is 29.8. The molecule has 96 valence electrons. The van der Waals surface area contributed by atoms with E-state index in [1.807, 2.05) is 0 Å². The van der Waals surface area contributed by atoms with Crippen LogP contribution in [0.2, 0.25) is 0 Å². The molecule has 0 unspecified atom stereocenters. The highest BCUT2D eigenvalue weighted by atomic mass is 16.2. The van der Waals surface area contributed by atoms with Crippen LogP contribution in [0.5, 0.6) is 0 Å². The van der Waals surface area contributed by atoms with Gasteiger partial charge in [-0.2, -0.15) is 5.26 Å². The van der Waals surface area contributed by atoms with E-state index in [0.29, 0.717) is 12.8 Å². The summed E-state index contributed by atoms with van der Waals surface area (Å²) in [4.78, 5) is 14.0. The number of hydrogen-bond acceptors (Lipinski definition) is 3. The van der Waals surface area contributed by atoms with Crippen molar-refractivity contribution in [2.45, 2.75) is 56.7 Å². The molecule has 4 nitrogen and oxygen atoms in total. The van der Waals surface area contributed by atoms with E-state index < -0.39 is 12.1 Å². The molecule has 3 atom stereocenters. The molecule has 2 aliphatic rings. The molecule has 18 heavy (non-hydrogen) atoms. The molecule has 0 aromatic carbocycles. The van der Waals surface area contributed by atoms with Crippen molar-refractivity contribution in [2.24, 2.45) is 11.7 Å². The number of hydrogen-bond donors (Lipinski definition) is 1. The minimum atomic E-state index is -0.489. The van der Waals surface area contributed by atoms with Crippen LogP contribution in [0.25, 0.3) is 0 Å². The maximum atomic E-state index is 12.4. The fraction of sp³-hybridized carbons (Fsp3) is 0.714. The maximum absolute atomic E-state index is 12.4. The van der Waals surface area contributed by atoms with Crippen molar-refractivity contribution in [1.82, 2.24) is 4.90 Å². The highest BCUT2D eigenvalue weighted by molar-refractivity contribution is 5.83. The van der Waals surface area contributed by atoms with Crippen molar-refractivity contribution in [3.05, 3.63) is 0 Å². The first kappa shape index (κ1) is 12.9. The van der Waals surface area contributed by atoms with Crippen molar-refractivity contribution < 1.29 is 4.79 Å². The summed E-state index contributed by atoms with van der Waals surface area (Å²) in [7, 11) is 0. The Labute approximate surface area is 108 Å². The van der Waals surface area contributed by atoms with E-state index in [2.05, 4.69) is 12.0 Å². The molecular weight excluding hydrogens is 226 g/mol. The molecule has 0 bridgehead atoms. The highest BCUT2D eigenvalue weighted by Crippen LogP contribution is 2.30. The van der Waals surface area contributed by atoms with Gasteiger partial charge in [0.15, 0.2) is 0 Å². The molecule has 0 aromatic heterocycles. The van der Waals surface area contributed by atoms with Gasteiger partial charge in [-0.15, -0.1) is 6.42 Å². The van der Waals surface area contributed by atoms with Crippen LogP contribution in [0.1, 0.15) is 38.5 Å². The number of amides is 1. The molecule has 2 N–H and O–H groups in total. The van der Waals surface area contributed by atoms with E-state index in [9.17, 15) is 4.79 Å². The van der Waals surface area contributed by atoms with Crippen LogP contribution < -0.4 is 5.73 Å². The van der Waals surface area contributed by atoms with E-state index in [0.717, 1.165) is 25.7 Å². The van der Waals surface area contributed by atoms with Gasteiger partial charge >= 0.3 is 0 Å². The van der Waals surface area contributed by atoms with E-state index in [1.54, 1.807) is 4.90 Å². The number of likely N-dealkylation sites (tertiary alicyclic amines) is 1. The van der Waals surface area contributed by atoms with Gasteiger partial charge in [0, 0.05) is 0 Å². The van der Waals surface area contributed by atoms with E-state index in [1.165, 1.54) is 0 Å². The third-order valence-corrected chi connectivity index (χ3v) is 4.17. The monoisotopic (exact) mass is 245 g/mol. The molecule has 0 aromatic rings. The number of carbonyl (C=O) groups excluding carboxylic acids is 1. The average molecular weight is 245 g/mol. The Hall–Kier alpha value is -1.52. The molecular formula is C14H19N3O. The Morgan fingerprint density at radius 2 is 1.89 bits per heavy atom. The summed E-state index contributed by atoms with van der Waals surface area (Å²) in [5.41, 5.74) is 6.07. The van der Waals surface area contributed by atoms with E-state index in [4.69, 9.17) is 17.4 Å². The van der Waals surface area contributed by atoms with Gasteiger partial charge in [-0.05, 0) is 31.6 Å². The fourth-order valence-electron chi connectivity index (χ4n) is 3.10. The molecule has 1 amide bonds. The lowest BCUT2D eigenvalue weighted by atomic mass is 9.97. The molecule has 1 saturated heterocycles. The summed E-state index contributed by atoms with van der Waals surface area (Å²) in [5, 5.41) is 9.09. The fourth-order valence-corrected chi connectivity index (χ4v) is 3.10. The molecule has 0 radical (unpaired) electrons. The molecule has 0 spiro atoms. The van der Waals surface area contributed by atoms with Gasteiger partial charge in [-0.25, -0.2) is 0 Å². The topological polar surface area (TPSA) is 70.1 Å². The lowest BCUT2D eigenvalue weighted by molar-refractivity contribution is -0.134. The number of rotatable bonds is 2. The number of nitrogens with two attached hydrogens (primary N) is 1. The first-order chi connectivity index (χ1) is 8.69. The van der Waals surface area contributed by atoms with Crippen LogP contribution in [0.3, 0.4) is 0 Å². The summed E-state index contributed by atoms with van der Waals surface area (Å²) in [6.07, 6.45) is 11.1. The molecule has 1 saturated carbocycles. The van der Waals surface area contributed by atoms with Crippen LogP contribution >= 0.6 is 0 Å². The summed E-state index contributed by atoms with van der Waals surface area (Å²) >= 11 is 0. The number of carbonyl (C=O) groups is 1. The van der Waals surface area contributed by atoms with Gasteiger partial charge in [-0.1, -0.05) is 18.8 Å². The maximum Gasteiger partial charge on any atom is 0.241 e. The second kappa shape index (κ2) is 5.42. The first-order valence-electron chi connectivity index (χ1n) is 6.62. The predicted molar refractivity (Wildman–Crippen MR) is 68.0 cm³/mol. The summed E-state index contributed by atoms with van der Waals surface area (Å²) in [5.74, 6) is 2.73.